The summed E-state index contributed by atoms with van der Waals surface area (Å²) in [7, 11) is 0. The van der Waals surface area contributed by atoms with Gasteiger partial charge >= 0.3 is 0 Å². The molecule has 1 aromatic carbocycles. The molecule has 0 saturated heterocycles. The van der Waals surface area contributed by atoms with Crippen LogP contribution in [-0.2, 0) is 11.2 Å². The molecule has 0 aliphatic carbocycles. The molecule has 2 aromatic rings. The number of aryl methyl sites for hydroxylation is 2. The average Bonchev–Trinajstić information content (AvgIpc) is 2.63. The number of amides is 1. The number of hydrogen-bond donors (Lipinski definition) is 1. The van der Waals surface area contributed by atoms with Crippen LogP contribution in [0.4, 0.5) is 17.5 Å². The second-order valence-electron chi connectivity index (χ2n) is 4.83. The van der Waals surface area contributed by atoms with E-state index in [9.17, 15) is 4.79 Å². The SMILES string of the molecule is Cc1cc(C)cc(N2C(=O)Cc3cnc(N)nc32)c1. The Morgan fingerprint density at radius 3 is 2.58 bits per heavy atom. The zero-order chi connectivity index (χ0) is 13.6. The highest BCUT2D eigenvalue weighted by molar-refractivity contribution is 6.06. The van der Waals surface area contributed by atoms with Gasteiger partial charge in [-0.2, -0.15) is 4.98 Å². The zero-order valence-corrected chi connectivity index (χ0v) is 10.8. The van der Waals surface area contributed by atoms with Crippen LogP contribution in [0.5, 0.6) is 0 Å². The normalized spacial score (nSPS) is 13.8. The molecule has 0 radical (unpaired) electrons. The van der Waals surface area contributed by atoms with Crippen molar-refractivity contribution >= 4 is 23.4 Å². The van der Waals surface area contributed by atoms with E-state index in [0.717, 1.165) is 22.4 Å². The number of benzene rings is 1. The summed E-state index contributed by atoms with van der Waals surface area (Å²) in [5, 5.41) is 0. The Labute approximate surface area is 111 Å². The van der Waals surface area contributed by atoms with E-state index in [-0.39, 0.29) is 11.9 Å². The molecule has 0 unspecified atom stereocenters. The molecule has 96 valence electrons. The molecule has 0 fully saturated rings. The van der Waals surface area contributed by atoms with Crippen LogP contribution in [-0.4, -0.2) is 15.9 Å². The van der Waals surface area contributed by atoms with Crippen molar-refractivity contribution in [2.45, 2.75) is 20.3 Å². The molecule has 19 heavy (non-hydrogen) atoms. The van der Waals surface area contributed by atoms with Gasteiger partial charge in [-0.05, 0) is 37.1 Å². The summed E-state index contributed by atoms with van der Waals surface area (Å²) in [6.45, 7) is 4.01. The van der Waals surface area contributed by atoms with Gasteiger partial charge in [0.15, 0.2) is 0 Å². The van der Waals surface area contributed by atoms with Crippen LogP contribution in [0.3, 0.4) is 0 Å². The number of nitrogen functional groups attached to an aromatic ring is 1. The lowest BCUT2D eigenvalue weighted by Crippen LogP contribution is -2.22. The molecule has 1 aliphatic heterocycles. The van der Waals surface area contributed by atoms with Gasteiger partial charge in [0.2, 0.25) is 11.9 Å². The van der Waals surface area contributed by atoms with Gasteiger partial charge in [-0.25, -0.2) is 4.98 Å². The van der Waals surface area contributed by atoms with E-state index in [1.165, 1.54) is 0 Å². The van der Waals surface area contributed by atoms with E-state index >= 15 is 0 Å². The Hall–Kier alpha value is -2.43. The van der Waals surface area contributed by atoms with Crippen LogP contribution in [0.25, 0.3) is 0 Å². The van der Waals surface area contributed by atoms with Crippen LogP contribution >= 0.6 is 0 Å². The number of carbonyl (C=O) groups excluding carboxylic acids is 1. The molecule has 5 nitrogen and oxygen atoms in total. The van der Waals surface area contributed by atoms with Gasteiger partial charge in [-0.15, -0.1) is 0 Å². The number of anilines is 3. The summed E-state index contributed by atoms with van der Waals surface area (Å²) in [5.74, 6) is 0.783. The maximum Gasteiger partial charge on any atom is 0.237 e. The molecular formula is C14H14N4O. The Kier molecular flexibility index (Phi) is 2.48. The molecule has 5 heteroatoms. The first-order valence-electron chi connectivity index (χ1n) is 6.07. The summed E-state index contributed by atoms with van der Waals surface area (Å²) >= 11 is 0. The molecule has 2 N–H and O–H groups in total. The fourth-order valence-electron chi connectivity index (χ4n) is 2.44. The third-order valence-corrected chi connectivity index (χ3v) is 3.13. The van der Waals surface area contributed by atoms with Crippen molar-refractivity contribution in [1.82, 2.24) is 9.97 Å². The quantitative estimate of drug-likeness (QED) is 0.843. The second kappa shape index (κ2) is 4.05. The van der Waals surface area contributed by atoms with Crippen molar-refractivity contribution in [1.29, 1.82) is 0 Å². The van der Waals surface area contributed by atoms with Gasteiger partial charge in [-0.1, -0.05) is 6.07 Å². The van der Waals surface area contributed by atoms with Crippen molar-refractivity contribution in [3.05, 3.63) is 41.1 Å². The van der Waals surface area contributed by atoms with Crippen molar-refractivity contribution in [2.24, 2.45) is 0 Å². The molecule has 1 aromatic heterocycles. The van der Waals surface area contributed by atoms with Gasteiger partial charge in [-0.3, -0.25) is 9.69 Å². The highest BCUT2D eigenvalue weighted by Gasteiger charge is 2.30. The predicted octanol–water partition coefficient (Wildman–Crippen LogP) is 1.90. The fraction of sp³-hybridized carbons (Fsp3) is 0.214. The molecule has 0 bridgehead atoms. The van der Waals surface area contributed by atoms with Crippen molar-refractivity contribution in [3.8, 4) is 0 Å². The Morgan fingerprint density at radius 1 is 1.21 bits per heavy atom. The zero-order valence-electron chi connectivity index (χ0n) is 10.8. The minimum Gasteiger partial charge on any atom is -0.368 e. The lowest BCUT2D eigenvalue weighted by Gasteiger charge is -2.17. The molecule has 2 heterocycles. The second-order valence-corrected chi connectivity index (χ2v) is 4.83. The third-order valence-electron chi connectivity index (χ3n) is 3.13. The summed E-state index contributed by atoms with van der Waals surface area (Å²) < 4.78 is 0. The smallest absolute Gasteiger partial charge is 0.237 e. The monoisotopic (exact) mass is 254 g/mol. The average molecular weight is 254 g/mol. The molecular weight excluding hydrogens is 240 g/mol. The first-order valence-corrected chi connectivity index (χ1v) is 6.07. The first-order chi connectivity index (χ1) is 9.04. The number of carbonyl (C=O) groups is 1. The lowest BCUT2D eigenvalue weighted by atomic mass is 10.1. The first kappa shape index (κ1) is 11.6. The highest BCUT2D eigenvalue weighted by atomic mass is 16.2. The minimum atomic E-state index is -0.0000926. The maximum atomic E-state index is 12.2. The van der Waals surface area contributed by atoms with Crippen LogP contribution in [0, 0.1) is 13.8 Å². The Balaban J connectivity index is 2.16. The van der Waals surface area contributed by atoms with E-state index in [1.807, 2.05) is 26.0 Å². The standard InChI is InChI=1S/C14H14N4O/c1-8-3-9(2)5-11(4-8)18-12(19)6-10-7-16-14(15)17-13(10)18/h3-5,7H,6H2,1-2H3,(H2,15,16,17). The van der Waals surface area contributed by atoms with E-state index < -0.39 is 0 Å². The van der Waals surface area contributed by atoms with Gasteiger partial charge < -0.3 is 5.73 Å². The molecule has 0 saturated carbocycles. The predicted molar refractivity (Wildman–Crippen MR) is 73.2 cm³/mol. The van der Waals surface area contributed by atoms with E-state index in [0.29, 0.717) is 12.2 Å². The largest absolute Gasteiger partial charge is 0.368 e. The van der Waals surface area contributed by atoms with Crippen molar-refractivity contribution in [3.63, 3.8) is 0 Å². The molecule has 0 spiro atoms. The minimum absolute atomic E-state index is 0.0000926. The molecule has 3 rings (SSSR count). The number of hydrogen-bond acceptors (Lipinski definition) is 4. The number of rotatable bonds is 1. The van der Waals surface area contributed by atoms with Gasteiger partial charge in [0, 0.05) is 11.8 Å². The number of nitrogens with two attached hydrogens (primary N) is 1. The summed E-state index contributed by atoms with van der Waals surface area (Å²) in [4.78, 5) is 21.9. The maximum absolute atomic E-state index is 12.2. The van der Waals surface area contributed by atoms with Crippen LogP contribution in [0.15, 0.2) is 24.4 Å². The molecule has 1 amide bonds. The summed E-state index contributed by atoms with van der Waals surface area (Å²) in [6, 6.07) is 6.01. The summed E-state index contributed by atoms with van der Waals surface area (Å²) in [6.07, 6.45) is 1.95. The Morgan fingerprint density at radius 2 is 1.89 bits per heavy atom. The number of nitrogens with zero attached hydrogens (tertiary/aromatic N) is 3. The highest BCUT2D eigenvalue weighted by Crippen LogP contribution is 2.34. The van der Waals surface area contributed by atoms with Gasteiger partial charge in [0.25, 0.3) is 0 Å². The number of aromatic nitrogens is 2. The molecule has 0 atom stereocenters. The van der Waals surface area contributed by atoms with E-state index in [4.69, 9.17) is 5.73 Å². The topological polar surface area (TPSA) is 72.1 Å². The van der Waals surface area contributed by atoms with Gasteiger partial charge in [0.05, 0.1) is 12.1 Å². The van der Waals surface area contributed by atoms with Crippen molar-refractivity contribution in [2.75, 3.05) is 10.6 Å². The summed E-state index contributed by atoms with van der Waals surface area (Å²) in [5.41, 5.74) is 9.49. The third kappa shape index (κ3) is 1.93. The Bertz CT molecular complexity index is 661. The van der Waals surface area contributed by atoms with Crippen LogP contribution in [0.1, 0.15) is 16.7 Å². The molecule has 1 aliphatic rings. The van der Waals surface area contributed by atoms with E-state index in [2.05, 4.69) is 16.0 Å². The van der Waals surface area contributed by atoms with Crippen molar-refractivity contribution < 1.29 is 4.79 Å². The fourth-order valence-corrected chi connectivity index (χ4v) is 2.44. The number of fused-ring (bicyclic) bond motifs is 1. The lowest BCUT2D eigenvalue weighted by molar-refractivity contribution is -0.116. The van der Waals surface area contributed by atoms with Crippen LogP contribution < -0.4 is 10.6 Å². The van der Waals surface area contributed by atoms with Gasteiger partial charge in [0.1, 0.15) is 5.82 Å². The van der Waals surface area contributed by atoms with Crippen LogP contribution in [0.2, 0.25) is 0 Å². The van der Waals surface area contributed by atoms with E-state index in [1.54, 1.807) is 11.1 Å².